The molecular formula is C9H16N4O4S. The van der Waals surface area contributed by atoms with Crippen LogP contribution in [0.25, 0.3) is 0 Å². The van der Waals surface area contributed by atoms with Gasteiger partial charge in [-0.15, -0.1) is 0 Å². The molecule has 0 unspecified atom stereocenters. The lowest BCUT2D eigenvalue weighted by Crippen LogP contribution is -2.27. The predicted molar refractivity (Wildman–Crippen MR) is 64.1 cm³/mol. The zero-order valence-electron chi connectivity index (χ0n) is 10.2. The monoisotopic (exact) mass is 276 g/mol. The molecule has 102 valence electrons. The normalized spacial score (nSPS) is 11.4. The predicted octanol–water partition coefficient (Wildman–Crippen LogP) is -0.766. The van der Waals surface area contributed by atoms with E-state index in [1.165, 1.54) is 10.9 Å². The number of carbonyl (C=O) groups is 1. The summed E-state index contributed by atoms with van der Waals surface area (Å²) in [5.74, 6) is -0.541. The van der Waals surface area contributed by atoms with Gasteiger partial charge in [0.25, 0.3) is 0 Å². The molecule has 0 saturated heterocycles. The first-order chi connectivity index (χ1) is 8.36. The van der Waals surface area contributed by atoms with Crippen molar-refractivity contribution >= 4 is 21.8 Å². The van der Waals surface area contributed by atoms with Gasteiger partial charge in [0.2, 0.25) is 10.0 Å². The van der Waals surface area contributed by atoms with E-state index >= 15 is 0 Å². The molecule has 1 rings (SSSR count). The molecule has 0 fully saturated rings. The van der Waals surface area contributed by atoms with Gasteiger partial charge in [-0.3, -0.25) is 9.48 Å². The minimum atomic E-state index is -3.75. The summed E-state index contributed by atoms with van der Waals surface area (Å²) >= 11 is 0. The summed E-state index contributed by atoms with van der Waals surface area (Å²) < 4.78 is 31.9. The number of carbonyl (C=O) groups excluding carboxylic acids is 1. The highest BCUT2D eigenvalue weighted by molar-refractivity contribution is 7.89. The molecule has 8 nitrogen and oxygen atoms in total. The number of nitrogens with one attached hydrogen (secondary N) is 1. The average molecular weight is 276 g/mol. The van der Waals surface area contributed by atoms with Crippen LogP contribution in [0, 0.1) is 0 Å². The van der Waals surface area contributed by atoms with Gasteiger partial charge in [-0.05, 0) is 6.92 Å². The number of nitrogens with two attached hydrogens (primary N) is 1. The van der Waals surface area contributed by atoms with Crippen molar-refractivity contribution in [3.8, 4) is 0 Å². The first-order valence-corrected chi connectivity index (χ1v) is 6.79. The number of aromatic nitrogens is 2. The lowest BCUT2D eigenvalue weighted by Gasteiger charge is -2.05. The van der Waals surface area contributed by atoms with Crippen LogP contribution in [0.15, 0.2) is 11.1 Å². The van der Waals surface area contributed by atoms with E-state index in [9.17, 15) is 13.2 Å². The fourth-order valence-electron chi connectivity index (χ4n) is 1.29. The van der Waals surface area contributed by atoms with E-state index in [4.69, 9.17) is 5.73 Å². The molecule has 0 atom stereocenters. The van der Waals surface area contributed by atoms with Crippen LogP contribution in [0.4, 0.5) is 5.82 Å². The Balaban J connectivity index is 2.61. The minimum Gasteiger partial charge on any atom is -0.466 e. The summed E-state index contributed by atoms with van der Waals surface area (Å²) in [5.41, 5.74) is 5.46. The Bertz CT molecular complexity index is 523. The molecule has 0 aliphatic carbocycles. The van der Waals surface area contributed by atoms with E-state index in [-0.39, 0.29) is 30.3 Å². The first kappa shape index (κ1) is 14.5. The van der Waals surface area contributed by atoms with Crippen molar-refractivity contribution in [2.75, 3.05) is 18.9 Å². The third-order valence-electron chi connectivity index (χ3n) is 2.04. The molecule has 0 radical (unpaired) electrons. The number of ether oxygens (including phenoxy) is 1. The van der Waals surface area contributed by atoms with Gasteiger partial charge in [-0.1, -0.05) is 0 Å². The molecule has 3 N–H and O–H groups in total. The van der Waals surface area contributed by atoms with E-state index in [1.54, 1.807) is 14.0 Å². The number of rotatable bonds is 6. The molecule has 1 aromatic rings. The van der Waals surface area contributed by atoms with Gasteiger partial charge < -0.3 is 10.5 Å². The van der Waals surface area contributed by atoms with Gasteiger partial charge in [0.05, 0.1) is 13.0 Å². The lowest BCUT2D eigenvalue weighted by molar-refractivity contribution is -0.142. The molecule has 9 heteroatoms. The summed E-state index contributed by atoms with van der Waals surface area (Å²) in [5, 5.41) is 3.73. The van der Waals surface area contributed by atoms with Crippen LogP contribution in [0.3, 0.4) is 0 Å². The fourth-order valence-corrected chi connectivity index (χ4v) is 2.42. The number of hydrogen-bond acceptors (Lipinski definition) is 6. The number of aryl methyl sites for hydroxylation is 1. The van der Waals surface area contributed by atoms with Gasteiger partial charge in [0.1, 0.15) is 4.90 Å². The Morgan fingerprint density at radius 1 is 1.61 bits per heavy atom. The summed E-state index contributed by atoms with van der Waals surface area (Å²) in [6, 6.07) is 0. The second-order valence-corrected chi connectivity index (χ2v) is 5.24. The average Bonchev–Trinajstić information content (AvgIpc) is 2.58. The molecule has 0 spiro atoms. The Labute approximate surface area is 105 Å². The molecular weight excluding hydrogens is 260 g/mol. The van der Waals surface area contributed by atoms with Crippen molar-refractivity contribution in [2.45, 2.75) is 18.2 Å². The smallest absolute Gasteiger partial charge is 0.307 e. The highest BCUT2D eigenvalue weighted by atomic mass is 32.2. The number of esters is 1. The second kappa shape index (κ2) is 5.83. The van der Waals surface area contributed by atoms with Gasteiger partial charge >= 0.3 is 5.97 Å². The summed E-state index contributed by atoms with van der Waals surface area (Å²) in [4.78, 5) is 10.9. The summed E-state index contributed by atoms with van der Waals surface area (Å²) in [6.45, 7) is 1.90. The van der Waals surface area contributed by atoms with E-state index in [0.717, 1.165) is 0 Å². The van der Waals surface area contributed by atoms with E-state index in [2.05, 4.69) is 14.6 Å². The highest BCUT2D eigenvalue weighted by Crippen LogP contribution is 2.14. The van der Waals surface area contributed by atoms with Crippen molar-refractivity contribution in [3.63, 3.8) is 0 Å². The van der Waals surface area contributed by atoms with Gasteiger partial charge in [0.15, 0.2) is 5.82 Å². The Hall–Kier alpha value is -1.61. The zero-order chi connectivity index (χ0) is 13.8. The minimum absolute atomic E-state index is 0.0345. The van der Waals surface area contributed by atoms with Crippen LogP contribution in [0.2, 0.25) is 0 Å². The lowest BCUT2D eigenvalue weighted by atomic mass is 10.4. The van der Waals surface area contributed by atoms with E-state index in [0.29, 0.717) is 0 Å². The number of anilines is 1. The fraction of sp³-hybridized carbons (Fsp3) is 0.556. The van der Waals surface area contributed by atoms with Crippen LogP contribution in [0.1, 0.15) is 13.3 Å². The molecule has 0 aliphatic heterocycles. The van der Waals surface area contributed by atoms with Gasteiger partial charge in [-0.25, -0.2) is 13.1 Å². The SMILES string of the molecule is CCOC(=O)CCNS(=O)(=O)c1cn(C)nc1N. The van der Waals surface area contributed by atoms with Gasteiger partial charge in [0, 0.05) is 19.8 Å². The first-order valence-electron chi connectivity index (χ1n) is 5.31. The van der Waals surface area contributed by atoms with E-state index < -0.39 is 16.0 Å². The van der Waals surface area contributed by atoms with Crippen LogP contribution in [-0.2, 0) is 26.6 Å². The quantitative estimate of drug-likeness (QED) is 0.659. The standard InChI is InChI=1S/C9H16N4O4S/c1-3-17-8(14)4-5-11-18(15,16)7-6-13(2)12-9(7)10/h6,11H,3-5H2,1-2H3,(H2,10,12). The molecule has 0 aromatic carbocycles. The Kier molecular flexibility index (Phi) is 4.68. The molecule has 0 bridgehead atoms. The van der Waals surface area contributed by atoms with Crippen molar-refractivity contribution in [1.29, 1.82) is 0 Å². The third-order valence-corrected chi connectivity index (χ3v) is 3.52. The van der Waals surface area contributed by atoms with Crippen LogP contribution >= 0.6 is 0 Å². The number of hydrogen-bond donors (Lipinski definition) is 2. The maximum Gasteiger partial charge on any atom is 0.307 e. The third kappa shape index (κ3) is 3.70. The maximum absolute atomic E-state index is 11.8. The second-order valence-electron chi connectivity index (χ2n) is 3.51. The number of nitrogen functional groups attached to an aromatic ring is 1. The zero-order valence-corrected chi connectivity index (χ0v) is 11.0. The highest BCUT2D eigenvalue weighted by Gasteiger charge is 2.20. The largest absolute Gasteiger partial charge is 0.466 e. The maximum atomic E-state index is 11.8. The van der Waals surface area contributed by atoms with Crippen LogP contribution in [0.5, 0.6) is 0 Å². The molecule has 1 heterocycles. The molecule has 0 saturated carbocycles. The molecule has 0 aliphatic rings. The molecule has 0 amide bonds. The van der Waals surface area contributed by atoms with Gasteiger partial charge in [-0.2, -0.15) is 5.10 Å². The van der Waals surface area contributed by atoms with Crippen molar-refractivity contribution < 1.29 is 17.9 Å². The number of sulfonamides is 1. The molecule has 18 heavy (non-hydrogen) atoms. The molecule has 1 aromatic heterocycles. The summed E-state index contributed by atoms with van der Waals surface area (Å²) in [6.07, 6.45) is 1.26. The Morgan fingerprint density at radius 3 is 2.78 bits per heavy atom. The number of nitrogens with zero attached hydrogens (tertiary/aromatic N) is 2. The van der Waals surface area contributed by atoms with Crippen molar-refractivity contribution in [2.24, 2.45) is 7.05 Å². The van der Waals surface area contributed by atoms with Crippen LogP contribution < -0.4 is 10.5 Å². The van der Waals surface area contributed by atoms with Crippen molar-refractivity contribution in [1.82, 2.24) is 14.5 Å². The topological polar surface area (TPSA) is 116 Å². The van der Waals surface area contributed by atoms with Crippen LogP contribution in [-0.4, -0.2) is 37.3 Å². The van der Waals surface area contributed by atoms with Crippen molar-refractivity contribution in [3.05, 3.63) is 6.20 Å². The Morgan fingerprint density at radius 2 is 2.28 bits per heavy atom. The summed E-state index contributed by atoms with van der Waals surface area (Å²) in [7, 11) is -2.18. The van der Waals surface area contributed by atoms with E-state index in [1.807, 2.05) is 0 Å².